The lowest BCUT2D eigenvalue weighted by Crippen LogP contribution is -2.51. The summed E-state index contributed by atoms with van der Waals surface area (Å²) in [5.41, 5.74) is -0.346. The summed E-state index contributed by atoms with van der Waals surface area (Å²) in [5.74, 6) is -1.89. The molecule has 2 amide bonds. The lowest BCUT2D eigenvalue weighted by Gasteiger charge is -2.34. The van der Waals surface area contributed by atoms with E-state index in [9.17, 15) is 31.2 Å². The van der Waals surface area contributed by atoms with Crippen molar-refractivity contribution in [3.63, 3.8) is 0 Å². The van der Waals surface area contributed by atoms with Crippen molar-refractivity contribution >= 4 is 49.3 Å². The monoisotopic (exact) mass is 635 g/mol. The topological polar surface area (TPSA) is 144 Å². The number of hydrogen-bond acceptors (Lipinski definition) is 11. The van der Waals surface area contributed by atoms with Crippen molar-refractivity contribution in [3.05, 3.63) is 23.8 Å². The Balaban J connectivity index is 1.41. The number of ether oxygens (including phenoxy) is 1. The minimum atomic E-state index is -5.01. The van der Waals surface area contributed by atoms with Gasteiger partial charge in [0.1, 0.15) is 0 Å². The molecule has 2 aromatic rings. The van der Waals surface area contributed by atoms with E-state index in [2.05, 4.69) is 30.5 Å². The smallest absolute Gasteiger partial charge is 0.404 e. The van der Waals surface area contributed by atoms with Crippen LogP contribution in [0, 0.1) is 0 Å². The summed E-state index contributed by atoms with van der Waals surface area (Å²) in [5, 5.41) is 13.6. The Bertz CT molecular complexity index is 1370. The van der Waals surface area contributed by atoms with Crippen molar-refractivity contribution in [3.8, 4) is 5.75 Å². The van der Waals surface area contributed by atoms with Gasteiger partial charge in [0.05, 0.1) is 12.2 Å². The van der Waals surface area contributed by atoms with Gasteiger partial charge in [0.25, 0.3) is 16.1 Å². The number of anilines is 3. The average Bonchev–Trinajstić information content (AvgIpc) is 3.38. The Morgan fingerprint density at radius 2 is 1.69 bits per heavy atom. The number of likely N-dealkylation sites (N-methyl/N-ethyl adjacent to an activating group) is 1. The lowest BCUT2D eigenvalue weighted by molar-refractivity contribution is -0.274. The van der Waals surface area contributed by atoms with E-state index in [1.165, 1.54) is 18.4 Å². The number of aromatic nitrogens is 2. The summed E-state index contributed by atoms with van der Waals surface area (Å²) in [6.07, 6.45) is -5.01. The molecule has 1 aromatic carbocycles. The fraction of sp³-hybridized carbons (Fsp3) is 0.565. The zero-order valence-corrected chi connectivity index (χ0v) is 24.9. The Hall–Kier alpha value is -3.10. The molecule has 14 nitrogen and oxygen atoms in total. The number of carbonyl (C=O) groups is 2. The number of rotatable bonds is 9. The molecule has 0 spiro atoms. The maximum Gasteiger partial charge on any atom is 0.573 e. The van der Waals surface area contributed by atoms with Crippen LogP contribution in [0.4, 0.5) is 29.1 Å². The zero-order valence-electron chi connectivity index (χ0n) is 23.2. The van der Waals surface area contributed by atoms with E-state index in [-0.39, 0.29) is 36.0 Å². The molecule has 0 saturated carbocycles. The largest absolute Gasteiger partial charge is 0.573 e. The van der Waals surface area contributed by atoms with Gasteiger partial charge in [-0.05, 0) is 25.2 Å². The maximum atomic E-state index is 13.0. The molecule has 1 aromatic heterocycles. The first-order valence-electron chi connectivity index (χ1n) is 12.9. The van der Waals surface area contributed by atoms with Gasteiger partial charge in [0, 0.05) is 72.0 Å². The van der Waals surface area contributed by atoms with Crippen LogP contribution in [0.25, 0.3) is 0 Å². The van der Waals surface area contributed by atoms with Gasteiger partial charge in [-0.2, -0.15) is 17.0 Å². The molecule has 0 radical (unpaired) electrons. The van der Waals surface area contributed by atoms with E-state index in [0.717, 1.165) is 46.9 Å². The van der Waals surface area contributed by atoms with Crippen LogP contribution in [0.15, 0.2) is 18.2 Å². The van der Waals surface area contributed by atoms with E-state index in [0.29, 0.717) is 31.3 Å². The predicted molar refractivity (Wildman–Crippen MR) is 150 cm³/mol. The molecule has 3 heterocycles. The van der Waals surface area contributed by atoms with Crippen LogP contribution in [-0.4, -0.2) is 135 Å². The number of benzene rings is 1. The molecular weight excluding hydrogens is 603 g/mol. The zero-order chi connectivity index (χ0) is 30.7. The highest BCUT2D eigenvalue weighted by atomic mass is 32.2. The Morgan fingerprint density at radius 1 is 1.02 bits per heavy atom. The summed E-state index contributed by atoms with van der Waals surface area (Å²) < 4.78 is 70.3. The van der Waals surface area contributed by atoms with Crippen molar-refractivity contribution in [1.29, 1.82) is 0 Å². The van der Waals surface area contributed by atoms with E-state index >= 15 is 0 Å². The molecule has 0 aliphatic carbocycles. The highest BCUT2D eigenvalue weighted by Crippen LogP contribution is 2.32. The summed E-state index contributed by atoms with van der Waals surface area (Å²) in [6.45, 7) is 3.98. The van der Waals surface area contributed by atoms with Crippen molar-refractivity contribution in [1.82, 2.24) is 28.6 Å². The Labute approximate surface area is 245 Å². The van der Waals surface area contributed by atoms with Gasteiger partial charge < -0.3 is 19.9 Å². The molecule has 0 atom stereocenters. The van der Waals surface area contributed by atoms with Gasteiger partial charge in [0.2, 0.25) is 16.2 Å². The molecule has 2 saturated heterocycles. The van der Waals surface area contributed by atoms with E-state index < -0.39 is 34.1 Å². The van der Waals surface area contributed by atoms with Crippen molar-refractivity contribution in [2.24, 2.45) is 0 Å². The molecule has 2 fully saturated rings. The second-order valence-corrected chi connectivity index (χ2v) is 13.0. The quantitative estimate of drug-likeness (QED) is 0.406. The number of carbonyl (C=O) groups excluding carboxylic acids is 2. The van der Waals surface area contributed by atoms with Crippen LogP contribution >= 0.6 is 11.3 Å². The molecular formula is C23H32F3N9O5S2. The fourth-order valence-corrected chi connectivity index (χ4v) is 6.16. The van der Waals surface area contributed by atoms with E-state index in [4.69, 9.17) is 0 Å². The number of piperazine rings is 2. The maximum absolute atomic E-state index is 13.0. The molecule has 42 heavy (non-hydrogen) atoms. The average molecular weight is 636 g/mol. The Kier molecular flexibility index (Phi) is 9.88. The van der Waals surface area contributed by atoms with Crippen LogP contribution in [-0.2, 0) is 15.0 Å². The lowest BCUT2D eigenvalue weighted by atomic mass is 10.1. The van der Waals surface area contributed by atoms with E-state index in [1.54, 1.807) is 0 Å². The minimum Gasteiger partial charge on any atom is -0.404 e. The molecule has 2 N–H and O–H groups in total. The molecule has 0 bridgehead atoms. The minimum absolute atomic E-state index is 0.0291. The van der Waals surface area contributed by atoms with Gasteiger partial charge >= 0.3 is 6.36 Å². The highest BCUT2D eigenvalue weighted by molar-refractivity contribution is 7.86. The summed E-state index contributed by atoms with van der Waals surface area (Å²) in [6, 6.07) is 3.20. The van der Waals surface area contributed by atoms with Crippen LogP contribution in [0.5, 0.6) is 5.75 Å². The highest BCUT2D eigenvalue weighted by Gasteiger charge is 2.33. The number of halogens is 3. The van der Waals surface area contributed by atoms with Gasteiger partial charge in [-0.15, -0.1) is 23.4 Å². The third-order valence-electron chi connectivity index (χ3n) is 6.64. The molecule has 2 aliphatic rings. The van der Waals surface area contributed by atoms with Gasteiger partial charge in [-0.1, -0.05) is 11.3 Å². The molecule has 4 rings (SSSR count). The van der Waals surface area contributed by atoms with Gasteiger partial charge in [-0.3, -0.25) is 19.8 Å². The first-order chi connectivity index (χ1) is 19.7. The fourth-order valence-electron chi connectivity index (χ4n) is 4.29. The number of alkyl halides is 3. The molecule has 232 valence electrons. The van der Waals surface area contributed by atoms with Crippen molar-refractivity contribution in [2.45, 2.75) is 6.36 Å². The predicted octanol–water partition coefficient (Wildman–Crippen LogP) is 0.803. The van der Waals surface area contributed by atoms with Crippen LogP contribution < -0.4 is 20.3 Å². The van der Waals surface area contributed by atoms with Crippen LogP contribution in [0.1, 0.15) is 10.4 Å². The van der Waals surface area contributed by atoms with Gasteiger partial charge in [-0.25, -0.2) is 0 Å². The molecule has 2 aliphatic heterocycles. The Morgan fingerprint density at radius 3 is 2.31 bits per heavy atom. The number of amides is 2. The van der Waals surface area contributed by atoms with Crippen LogP contribution in [0.3, 0.4) is 0 Å². The summed E-state index contributed by atoms with van der Waals surface area (Å²) in [4.78, 5) is 31.4. The number of nitrogens with zero attached hydrogens (tertiary/aromatic N) is 7. The number of hydrogen-bond donors (Lipinski definition) is 2. The van der Waals surface area contributed by atoms with Crippen molar-refractivity contribution in [2.75, 3.05) is 95.6 Å². The van der Waals surface area contributed by atoms with Crippen LogP contribution in [0.2, 0.25) is 0 Å². The second kappa shape index (κ2) is 13.0. The first-order valence-corrected chi connectivity index (χ1v) is 15.1. The van der Waals surface area contributed by atoms with E-state index in [1.807, 2.05) is 16.8 Å². The summed E-state index contributed by atoms with van der Waals surface area (Å²) >= 11 is 1.06. The SMILES string of the molecule is CN1CCN(CC(=O)Nc2cc(C(=O)Nc3nnc(N4CCN(S(=O)(=O)N(C)C)CC4)s3)ccc2OC(F)(F)F)CC1. The molecule has 0 unspecified atom stereocenters. The summed E-state index contributed by atoms with van der Waals surface area (Å²) in [7, 11) is 1.35. The van der Waals surface area contributed by atoms with Gasteiger partial charge in [0.15, 0.2) is 5.75 Å². The van der Waals surface area contributed by atoms with Crippen molar-refractivity contribution < 1.29 is 35.9 Å². The second-order valence-electron chi connectivity index (χ2n) is 9.91. The third-order valence-corrected chi connectivity index (χ3v) is 9.48. The standard InChI is InChI=1S/C23H32F3N9O5S2/c1-31(2)42(38,39)35-12-10-34(11-13-35)22-30-29-21(41-22)28-20(37)16-4-5-18(40-23(24,25)26)17(14-16)27-19(36)15-33-8-6-32(3)7-9-33/h4-5,14H,6-13,15H2,1-3H3,(H,27,36)(H,28,29,37). The molecule has 19 heteroatoms. The normalized spacial score (nSPS) is 17.8. The first kappa shape index (κ1) is 31.8. The third kappa shape index (κ3) is 8.26. The number of nitrogens with one attached hydrogen (secondary N) is 2.